The van der Waals surface area contributed by atoms with Crippen LogP contribution in [0.2, 0.25) is 0 Å². The molecule has 0 saturated carbocycles. The molecule has 2 aromatic carbocycles. The SMILES string of the molecule is COc1ccc(C(=O)Nc2ccc(Oc3cccnc3)cc2)cc1OC. The molecular weight excluding hydrogens is 332 g/mol. The number of anilines is 1. The second-order valence-electron chi connectivity index (χ2n) is 5.34. The van der Waals surface area contributed by atoms with E-state index in [0.717, 1.165) is 0 Å². The maximum Gasteiger partial charge on any atom is 0.255 e. The summed E-state index contributed by atoms with van der Waals surface area (Å²) < 4.78 is 16.1. The quantitative estimate of drug-likeness (QED) is 0.723. The van der Waals surface area contributed by atoms with Crippen LogP contribution in [0.1, 0.15) is 10.4 Å². The molecule has 1 N–H and O–H groups in total. The minimum Gasteiger partial charge on any atom is -0.493 e. The number of rotatable bonds is 6. The number of carbonyl (C=O) groups is 1. The summed E-state index contributed by atoms with van der Waals surface area (Å²) in [6.45, 7) is 0. The van der Waals surface area contributed by atoms with Crippen LogP contribution in [0.3, 0.4) is 0 Å². The molecule has 132 valence electrons. The van der Waals surface area contributed by atoms with Gasteiger partial charge in [-0.2, -0.15) is 0 Å². The van der Waals surface area contributed by atoms with E-state index in [0.29, 0.717) is 34.2 Å². The molecule has 0 atom stereocenters. The number of pyridine rings is 1. The van der Waals surface area contributed by atoms with Crippen molar-refractivity contribution in [3.8, 4) is 23.0 Å². The van der Waals surface area contributed by atoms with E-state index in [2.05, 4.69) is 10.3 Å². The summed E-state index contributed by atoms with van der Waals surface area (Å²) >= 11 is 0. The molecule has 1 amide bonds. The summed E-state index contributed by atoms with van der Waals surface area (Å²) in [7, 11) is 3.08. The summed E-state index contributed by atoms with van der Waals surface area (Å²) in [5.74, 6) is 2.13. The third-order valence-electron chi connectivity index (χ3n) is 3.63. The molecule has 0 aliphatic carbocycles. The summed E-state index contributed by atoms with van der Waals surface area (Å²) in [6, 6.07) is 15.7. The summed E-state index contributed by atoms with van der Waals surface area (Å²) in [4.78, 5) is 16.4. The lowest BCUT2D eigenvalue weighted by molar-refractivity contribution is 0.102. The van der Waals surface area contributed by atoms with E-state index in [4.69, 9.17) is 14.2 Å². The third-order valence-corrected chi connectivity index (χ3v) is 3.63. The Hall–Kier alpha value is -3.54. The normalized spacial score (nSPS) is 10.1. The second-order valence-corrected chi connectivity index (χ2v) is 5.34. The zero-order valence-corrected chi connectivity index (χ0v) is 14.4. The van der Waals surface area contributed by atoms with Gasteiger partial charge in [-0.05, 0) is 54.6 Å². The van der Waals surface area contributed by atoms with Crippen molar-refractivity contribution < 1.29 is 19.0 Å². The maximum absolute atomic E-state index is 12.4. The Labute approximate surface area is 151 Å². The fourth-order valence-electron chi connectivity index (χ4n) is 2.33. The predicted molar refractivity (Wildman–Crippen MR) is 98.3 cm³/mol. The van der Waals surface area contributed by atoms with Crippen LogP contribution in [0.25, 0.3) is 0 Å². The smallest absolute Gasteiger partial charge is 0.255 e. The first-order valence-corrected chi connectivity index (χ1v) is 7.91. The number of carbonyl (C=O) groups excluding carboxylic acids is 1. The highest BCUT2D eigenvalue weighted by Crippen LogP contribution is 2.28. The van der Waals surface area contributed by atoms with E-state index in [1.54, 1.807) is 68.0 Å². The third kappa shape index (κ3) is 4.10. The zero-order chi connectivity index (χ0) is 18.4. The zero-order valence-electron chi connectivity index (χ0n) is 14.4. The average molecular weight is 350 g/mol. The second kappa shape index (κ2) is 8.02. The molecule has 1 aromatic heterocycles. The molecule has 1 heterocycles. The van der Waals surface area contributed by atoms with Crippen molar-refractivity contribution in [3.63, 3.8) is 0 Å². The van der Waals surface area contributed by atoms with E-state index in [9.17, 15) is 4.79 Å². The highest BCUT2D eigenvalue weighted by molar-refractivity contribution is 6.04. The highest BCUT2D eigenvalue weighted by atomic mass is 16.5. The summed E-state index contributed by atoms with van der Waals surface area (Å²) in [5, 5.41) is 2.83. The molecule has 0 fully saturated rings. The van der Waals surface area contributed by atoms with Gasteiger partial charge < -0.3 is 19.5 Å². The van der Waals surface area contributed by atoms with Crippen LogP contribution in [0.4, 0.5) is 5.69 Å². The van der Waals surface area contributed by atoms with Crippen LogP contribution in [-0.2, 0) is 0 Å². The van der Waals surface area contributed by atoms with Crippen LogP contribution >= 0.6 is 0 Å². The van der Waals surface area contributed by atoms with Crippen molar-refractivity contribution in [2.45, 2.75) is 0 Å². The standard InChI is InChI=1S/C20H18N2O4/c1-24-18-10-5-14(12-19(18)25-2)20(23)22-15-6-8-16(9-7-15)26-17-4-3-11-21-13-17/h3-13H,1-2H3,(H,22,23). The van der Waals surface area contributed by atoms with Crippen LogP contribution in [0.15, 0.2) is 67.0 Å². The lowest BCUT2D eigenvalue weighted by atomic mass is 10.2. The van der Waals surface area contributed by atoms with Gasteiger partial charge in [0.2, 0.25) is 0 Å². The molecule has 0 aliphatic heterocycles. The van der Waals surface area contributed by atoms with Crippen LogP contribution in [0, 0.1) is 0 Å². The first kappa shape index (κ1) is 17.3. The Balaban J connectivity index is 1.68. The monoisotopic (exact) mass is 350 g/mol. The number of nitrogens with one attached hydrogen (secondary N) is 1. The highest BCUT2D eigenvalue weighted by Gasteiger charge is 2.11. The van der Waals surface area contributed by atoms with Gasteiger partial charge in [-0.1, -0.05) is 0 Å². The van der Waals surface area contributed by atoms with E-state index < -0.39 is 0 Å². The minimum absolute atomic E-state index is 0.244. The topological polar surface area (TPSA) is 69.7 Å². The fraction of sp³-hybridized carbons (Fsp3) is 0.100. The van der Waals surface area contributed by atoms with Gasteiger partial charge in [0.15, 0.2) is 11.5 Å². The lowest BCUT2D eigenvalue weighted by Gasteiger charge is -2.10. The Bertz CT molecular complexity index is 880. The number of hydrogen-bond acceptors (Lipinski definition) is 5. The number of ether oxygens (including phenoxy) is 3. The number of aromatic nitrogens is 1. The van der Waals surface area contributed by atoms with E-state index in [1.807, 2.05) is 6.07 Å². The van der Waals surface area contributed by atoms with Gasteiger partial charge in [-0.25, -0.2) is 0 Å². The summed E-state index contributed by atoms with van der Waals surface area (Å²) in [6.07, 6.45) is 3.31. The van der Waals surface area contributed by atoms with Crippen LogP contribution < -0.4 is 19.5 Å². The molecule has 6 nitrogen and oxygen atoms in total. The molecule has 26 heavy (non-hydrogen) atoms. The number of benzene rings is 2. The van der Waals surface area contributed by atoms with Crippen molar-refractivity contribution >= 4 is 11.6 Å². The molecule has 0 radical (unpaired) electrons. The molecular formula is C20H18N2O4. The lowest BCUT2D eigenvalue weighted by Crippen LogP contribution is -2.12. The molecule has 3 rings (SSSR count). The van der Waals surface area contributed by atoms with Crippen molar-refractivity contribution in [3.05, 3.63) is 72.6 Å². The predicted octanol–water partition coefficient (Wildman–Crippen LogP) is 4.14. The molecule has 0 saturated heterocycles. The minimum atomic E-state index is -0.244. The molecule has 6 heteroatoms. The van der Waals surface area contributed by atoms with Gasteiger partial charge in [0.1, 0.15) is 11.5 Å². The van der Waals surface area contributed by atoms with Gasteiger partial charge in [0.25, 0.3) is 5.91 Å². The average Bonchev–Trinajstić information content (AvgIpc) is 2.69. The van der Waals surface area contributed by atoms with Gasteiger partial charge in [-0.3, -0.25) is 9.78 Å². The Kier molecular flexibility index (Phi) is 5.34. The Morgan fingerprint density at radius 2 is 1.69 bits per heavy atom. The molecule has 0 spiro atoms. The Morgan fingerprint density at radius 1 is 0.923 bits per heavy atom. The van der Waals surface area contributed by atoms with Crippen molar-refractivity contribution in [2.75, 3.05) is 19.5 Å². The molecule has 0 unspecified atom stereocenters. The van der Waals surface area contributed by atoms with E-state index in [1.165, 1.54) is 7.11 Å². The van der Waals surface area contributed by atoms with Crippen molar-refractivity contribution in [2.24, 2.45) is 0 Å². The molecule has 3 aromatic rings. The fourth-order valence-corrected chi connectivity index (χ4v) is 2.33. The number of nitrogens with zero attached hydrogens (tertiary/aromatic N) is 1. The van der Waals surface area contributed by atoms with Crippen molar-refractivity contribution in [1.29, 1.82) is 0 Å². The van der Waals surface area contributed by atoms with Gasteiger partial charge in [-0.15, -0.1) is 0 Å². The summed E-state index contributed by atoms with van der Waals surface area (Å²) in [5.41, 5.74) is 1.13. The van der Waals surface area contributed by atoms with Crippen molar-refractivity contribution in [1.82, 2.24) is 4.98 Å². The first-order chi connectivity index (χ1) is 12.7. The van der Waals surface area contributed by atoms with Gasteiger partial charge in [0, 0.05) is 17.4 Å². The number of methoxy groups -OCH3 is 2. The molecule has 0 aliphatic rings. The van der Waals surface area contributed by atoms with Gasteiger partial charge >= 0.3 is 0 Å². The number of amides is 1. The van der Waals surface area contributed by atoms with E-state index >= 15 is 0 Å². The van der Waals surface area contributed by atoms with Crippen LogP contribution in [-0.4, -0.2) is 25.1 Å². The first-order valence-electron chi connectivity index (χ1n) is 7.91. The molecule has 0 bridgehead atoms. The van der Waals surface area contributed by atoms with Crippen LogP contribution in [0.5, 0.6) is 23.0 Å². The number of hydrogen-bond donors (Lipinski definition) is 1. The van der Waals surface area contributed by atoms with Gasteiger partial charge in [0.05, 0.1) is 20.4 Å². The maximum atomic E-state index is 12.4. The van der Waals surface area contributed by atoms with E-state index in [-0.39, 0.29) is 5.91 Å². The largest absolute Gasteiger partial charge is 0.493 e. The Morgan fingerprint density at radius 3 is 2.35 bits per heavy atom.